The van der Waals surface area contributed by atoms with Gasteiger partial charge in [-0.3, -0.25) is 4.79 Å². The van der Waals surface area contributed by atoms with E-state index in [1.165, 1.54) is 11.3 Å². The molecule has 6 nitrogen and oxygen atoms in total. The molecule has 1 saturated heterocycles. The van der Waals surface area contributed by atoms with Crippen LogP contribution in [0.2, 0.25) is 0 Å². The standard InChI is InChI=1S/C30H46N2O4/c1-7-30(8-2,24-10-12-26(22(4)20-24)36-19-16-29(5,6)34)27-13-11-25(32(27)9-3)28(33)31-21-23-14-17-35-18-15-23/h10-13,20,23,34H,7-9,14-19,21H2,1-6H3,(H,31,33). The molecule has 200 valence electrons. The summed E-state index contributed by atoms with van der Waals surface area (Å²) in [6, 6.07) is 10.6. The SMILES string of the molecule is CCn1c(C(=O)NCC2CCOCC2)ccc1C(CC)(CC)c1ccc(OCCC(C)(C)O)c(C)c1. The van der Waals surface area contributed by atoms with Gasteiger partial charge in [-0.1, -0.05) is 26.0 Å². The van der Waals surface area contributed by atoms with Crippen LogP contribution in [-0.2, 0) is 16.7 Å². The van der Waals surface area contributed by atoms with Crippen LogP contribution in [0.5, 0.6) is 5.75 Å². The van der Waals surface area contributed by atoms with Gasteiger partial charge in [-0.15, -0.1) is 0 Å². The predicted molar refractivity (Wildman–Crippen MR) is 145 cm³/mol. The molecule has 1 aliphatic rings. The normalized spacial score (nSPS) is 15.2. The van der Waals surface area contributed by atoms with E-state index in [9.17, 15) is 9.90 Å². The van der Waals surface area contributed by atoms with Gasteiger partial charge in [0.1, 0.15) is 11.4 Å². The number of carbonyl (C=O) groups is 1. The maximum absolute atomic E-state index is 13.2. The molecule has 0 saturated carbocycles. The maximum Gasteiger partial charge on any atom is 0.267 e. The number of nitrogens with zero attached hydrogens (tertiary/aromatic N) is 1. The fourth-order valence-electron chi connectivity index (χ4n) is 5.39. The number of aromatic nitrogens is 1. The number of amides is 1. The van der Waals surface area contributed by atoms with Crippen molar-refractivity contribution in [2.45, 2.75) is 91.2 Å². The molecule has 1 fully saturated rings. The number of hydrogen-bond donors (Lipinski definition) is 2. The van der Waals surface area contributed by atoms with E-state index in [0.717, 1.165) is 62.4 Å². The van der Waals surface area contributed by atoms with Crippen LogP contribution in [0.1, 0.15) is 94.0 Å². The molecule has 0 spiro atoms. The maximum atomic E-state index is 13.2. The Labute approximate surface area is 217 Å². The zero-order valence-electron chi connectivity index (χ0n) is 23.2. The van der Waals surface area contributed by atoms with Crippen molar-refractivity contribution in [2.24, 2.45) is 5.92 Å². The van der Waals surface area contributed by atoms with Crippen LogP contribution >= 0.6 is 0 Å². The lowest BCUT2D eigenvalue weighted by molar-refractivity contribution is 0.0552. The van der Waals surface area contributed by atoms with Crippen molar-refractivity contribution in [2.75, 3.05) is 26.4 Å². The second kappa shape index (κ2) is 12.3. The highest BCUT2D eigenvalue weighted by Crippen LogP contribution is 2.41. The van der Waals surface area contributed by atoms with Crippen molar-refractivity contribution in [1.82, 2.24) is 9.88 Å². The van der Waals surface area contributed by atoms with Gasteiger partial charge in [-0.25, -0.2) is 0 Å². The van der Waals surface area contributed by atoms with Gasteiger partial charge >= 0.3 is 0 Å². The molecule has 0 radical (unpaired) electrons. The molecule has 1 aromatic heterocycles. The van der Waals surface area contributed by atoms with Crippen LogP contribution in [0.4, 0.5) is 0 Å². The van der Waals surface area contributed by atoms with Crippen molar-refractivity contribution < 1.29 is 19.4 Å². The molecule has 2 heterocycles. The zero-order valence-corrected chi connectivity index (χ0v) is 23.2. The number of aliphatic hydroxyl groups is 1. The fourth-order valence-corrected chi connectivity index (χ4v) is 5.39. The summed E-state index contributed by atoms with van der Waals surface area (Å²) in [4.78, 5) is 13.2. The summed E-state index contributed by atoms with van der Waals surface area (Å²) in [5.74, 6) is 1.34. The van der Waals surface area contributed by atoms with E-state index < -0.39 is 5.60 Å². The predicted octanol–water partition coefficient (Wildman–Crippen LogP) is 5.62. The molecular weight excluding hydrogens is 452 g/mol. The number of carbonyl (C=O) groups excluding carboxylic acids is 1. The fraction of sp³-hybridized carbons (Fsp3) is 0.633. The molecule has 1 amide bonds. The third-order valence-electron chi connectivity index (χ3n) is 7.82. The Balaban J connectivity index is 1.84. The Bertz CT molecular complexity index is 995. The van der Waals surface area contributed by atoms with E-state index in [1.807, 2.05) is 6.07 Å². The average Bonchev–Trinajstić information content (AvgIpc) is 3.29. The van der Waals surface area contributed by atoms with E-state index >= 15 is 0 Å². The first-order valence-corrected chi connectivity index (χ1v) is 13.7. The van der Waals surface area contributed by atoms with Crippen molar-refractivity contribution in [1.29, 1.82) is 0 Å². The van der Waals surface area contributed by atoms with Crippen molar-refractivity contribution in [3.05, 3.63) is 52.8 Å². The lowest BCUT2D eigenvalue weighted by Crippen LogP contribution is -2.34. The molecule has 0 aliphatic carbocycles. The number of aryl methyl sites for hydroxylation is 1. The third kappa shape index (κ3) is 6.51. The van der Waals surface area contributed by atoms with Crippen LogP contribution < -0.4 is 10.1 Å². The number of benzene rings is 1. The second-order valence-electron chi connectivity index (χ2n) is 10.8. The Morgan fingerprint density at radius 2 is 1.83 bits per heavy atom. The Morgan fingerprint density at radius 1 is 1.14 bits per heavy atom. The third-order valence-corrected chi connectivity index (χ3v) is 7.82. The second-order valence-corrected chi connectivity index (χ2v) is 10.8. The molecule has 2 aromatic rings. The van der Waals surface area contributed by atoms with Gasteiger partial charge in [0, 0.05) is 43.8 Å². The van der Waals surface area contributed by atoms with Gasteiger partial charge in [0.2, 0.25) is 0 Å². The smallest absolute Gasteiger partial charge is 0.267 e. The van der Waals surface area contributed by atoms with Crippen LogP contribution in [0.3, 0.4) is 0 Å². The number of nitrogens with one attached hydrogen (secondary N) is 1. The lowest BCUT2D eigenvalue weighted by atomic mass is 9.72. The van der Waals surface area contributed by atoms with Crippen LogP contribution in [0.15, 0.2) is 30.3 Å². The highest BCUT2D eigenvalue weighted by molar-refractivity contribution is 5.93. The van der Waals surface area contributed by atoms with Gasteiger partial charge in [0.05, 0.1) is 12.2 Å². The van der Waals surface area contributed by atoms with Crippen LogP contribution in [-0.4, -0.2) is 47.5 Å². The molecule has 36 heavy (non-hydrogen) atoms. The topological polar surface area (TPSA) is 72.7 Å². The number of rotatable bonds is 12. The van der Waals surface area contributed by atoms with E-state index in [1.54, 1.807) is 13.8 Å². The molecule has 6 heteroatoms. The summed E-state index contributed by atoms with van der Waals surface area (Å²) in [5, 5.41) is 13.2. The molecule has 0 atom stereocenters. The van der Waals surface area contributed by atoms with Gasteiger partial charge < -0.3 is 24.5 Å². The molecule has 3 rings (SSSR count). The summed E-state index contributed by atoms with van der Waals surface area (Å²) < 4.78 is 13.6. The van der Waals surface area contributed by atoms with E-state index in [2.05, 4.69) is 61.8 Å². The van der Waals surface area contributed by atoms with E-state index in [-0.39, 0.29) is 11.3 Å². The highest BCUT2D eigenvalue weighted by atomic mass is 16.5. The summed E-state index contributed by atoms with van der Waals surface area (Å²) in [7, 11) is 0. The Morgan fingerprint density at radius 3 is 2.42 bits per heavy atom. The molecule has 1 aliphatic heterocycles. The molecule has 0 unspecified atom stereocenters. The highest BCUT2D eigenvalue weighted by Gasteiger charge is 2.35. The van der Waals surface area contributed by atoms with Gasteiger partial charge in [0.25, 0.3) is 5.91 Å². The Kier molecular flexibility index (Phi) is 9.65. The molecule has 0 bridgehead atoms. The number of hydrogen-bond acceptors (Lipinski definition) is 4. The number of ether oxygens (including phenoxy) is 2. The molecule has 1 aromatic carbocycles. The van der Waals surface area contributed by atoms with Crippen LogP contribution in [0.25, 0.3) is 0 Å². The largest absolute Gasteiger partial charge is 0.493 e. The summed E-state index contributed by atoms with van der Waals surface area (Å²) >= 11 is 0. The van der Waals surface area contributed by atoms with E-state index in [0.29, 0.717) is 25.5 Å². The summed E-state index contributed by atoms with van der Waals surface area (Å²) in [6.07, 6.45) is 4.44. The van der Waals surface area contributed by atoms with Gasteiger partial charge in [-0.05, 0) is 88.6 Å². The summed E-state index contributed by atoms with van der Waals surface area (Å²) in [6.45, 7) is 15.7. The molecular formula is C30H46N2O4. The van der Waals surface area contributed by atoms with Gasteiger partial charge in [0.15, 0.2) is 0 Å². The summed E-state index contributed by atoms with van der Waals surface area (Å²) in [5.41, 5.74) is 3.29. The molecule has 2 N–H and O–H groups in total. The van der Waals surface area contributed by atoms with Crippen LogP contribution in [0, 0.1) is 12.8 Å². The Hall–Kier alpha value is -2.31. The zero-order chi connectivity index (χ0) is 26.3. The lowest BCUT2D eigenvalue weighted by Gasteiger charge is -2.34. The minimum atomic E-state index is -0.742. The van der Waals surface area contributed by atoms with Gasteiger partial charge in [-0.2, -0.15) is 0 Å². The first-order valence-electron chi connectivity index (χ1n) is 13.7. The monoisotopic (exact) mass is 498 g/mol. The van der Waals surface area contributed by atoms with E-state index in [4.69, 9.17) is 9.47 Å². The first kappa shape index (κ1) is 28.3. The minimum absolute atomic E-state index is 0.00225. The quantitative estimate of drug-likeness (QED) is 0.398. The van der Waals surface area contributed by atoms with Crippen molar-refractivity contribution in [3.63, 3.8) is 0 Å². The average molecular weight is 499 g/mol. The minimum Gasteiger partial charge on any atom is -0.493 e. The first-order chi connectivity index (χ1) is 17.1. The van der Waals surface area contributed by atoms with Crippen molar-refractivity contribution >= 4 is 5.91 Å². The van der Waals surface area contributed by atoms with Crippen molar-refractivity contribution in [3.8, 4) is 5.75 Å².